The van der Waals surface area contributed by atoms with Gasteiger partial charge in [-0.1, -0.05) is 30.3 Å². The Balaban J connectivity index is 1.83. The van der Waals surface area contributed by atoms with E-state index in [2.05, 4.69) is 15.5 Å². The molecule has 0 aliphatic rings. The molecule has 3 rings (SSSR count). The molecule has 0 unspecified atom stereocenters. The Morgan fingerprint density at radius 1 is 1.04 bits per heavy atom. The second-order valence-electron chi connectivity index (χ2n) is 4.95. The standard InChI is InChI=1S/C18H15N3O2/c1-13-11-14(12-19-21-13)20-18(22)16-9-5-6-10-17(16)23-15-7-3-2-4-8-15/h2-12H,1H3,(H,20,21,22). The van der Waals surface area contributed by atoms with Crippen LogP contribution in [-0.2, 0) is 0 Å². The van der Waals surface area contributed by atoms with Gasteiger partial charge in [-0.05, 0) is 37.3 Å². The van der Waals surface area contributed by atoms with Gasteiger partial charge in [0.2, 0.25) is 0 Å². The zero-order valence-corrected chi connectivity index (χ0v) is 12.6. The predicted octanol–water partition coefficient (Wildman–Crippen LogP) is 3.83. The molecule has 5 heteroatoms. The van der Waals surface area contributed by atoms with E-state index in [1.807, 2.05) is 43.3 Å². The quantitative estimate of drug-likeness (QED) is 0.795. The number of para-hydroxylation sites is 2. The molecule has 2 aromatic carbocycles. The van der Waals surface area contributed by atoms with Crippen LogP contribution in [0.2, 0.25) is 0 Å². The average molecular weight is 305 g/mol. The molecule has 0 atom stereocenters. The van der Waals surface area contributed by atoms with Gasteiger partial charge in [0.1, 0.15) is 11.5 Å². The summed E-state index contributed by atoms with van der Waals surface area (Å²) >= 11 is 0. The van der Waals surface area contributed by atoms with Crippen molar-refractivity contribution in [3.8, 4) is 11.5 Å². The van der Waals surface area contributed by atoms with Gasteiger partial charge in [0, 0.05) is 0 Å². The van der Waals surface area contributed by atoms with Crippen LogP contribution in [0.4, 0.5) is 5.69 Å². The van der Waals surface area contributed by atoms with Crippen LogP contribution >= 0.6 is 0 Å². The third kappa shape index (κ3) is 3.71. The number of nitrogens with zero attached hydrogens (tertiary/aromatic N) is 2. The summed E-state index contributed by atoms with van der Waals surface area (Å²) in [7, 11) is 0. The minimum atomic E-state index is -0.260. The summed E-state index contributed by atoms with van der Waals surface area (Å²) in [5.74, 6) is 0.910. The highest BCUT2D eigenvalue weighted by Crippen LogP contribution is 2.25. The zero-order valence-electron chi connectivity index (χ0n) is 12.6. The minimum Gasteiger partial charge on any atom is -0.457 e. The number of nitrogens with one attached hydrogen (secondary N) is 1. The molecular weight excluding hydrogens is 290 g/mol. The van der Waals surface area contributed by atoms with Crippen molar-refractivity contribution in [1.82, 2.24) is 10.2 Å². The normalized spacial score (nSPS) is 10.1. The smallest absolute Gasteiger partial charge is 0.259 e. The maximum Gasteiger partial charge on any atom is 0.259 e. The Morgan fingerprint density at radius 2 is 1.78 bits per heavy atom. The van der Waals surface area contributed by atoms with Crippen molar-refractivity contribution in [1.29, 1.82) is 0 Å². The third-order valence-electron chi connectivity index (χ3n) is 3.14. The van der Waals surface area contributed by atoms with Crippen molar-refractivity contribution in [2.45, 2.75) is 6.92 Å². The van der Waals surface area contributed by atoms with E-state index in [1.165, 1.54) is 6.20 Å². The first-order valence-electron chi connectivity index (χ1n) is 7.15. The second kappa shape index (κ2) is 6.70. The van der Waals surface area contributed by atoms with Gasteiger partial charge in [0.25, 0.3) is 5.91 Å². The van der Waals surface area contributed by atoms with Crippen LogP contribution in [0.3, 0.4) is 0 Å². The summed E-state index contributed by atoms with van der Waals surface area (Å²) in [6, 6.07) is 18.2. The fourth-order valence-corrected chi connectivity index (χ4v) is 2.10. The minimum absolute atomic E-state index is 0.260. The molecule has 1 N–H and O–H groups in total. The molecular formula is C18H15N3O2. The molecule has 5 nitrogen and oxygen atoms in total. The van der Waals surface area contributed by atoms with Gasteiger partial charge in [0.15, 0.2) is 0 Å². The Morgan fingerprint density at radius 3 is 2.57 bits per heavy atom. The van der Waals surface area contributed by atoms with Crippen molar-refractivity contribution in [2.24, 2.45) is 0 Å². The molecule has 0 saturated carbocycles. The molecule has 0 radical (unpaired) electrons. The van der Waals surface area contributed by atoms with E-state index in [9.17, 15) is 4.79 Å². The van der Waals surface area contributed by atoms with Gasteiger partial charge in [-0.25, -0.2) is 0 Å². The molecule has 0 aliphatic carbocycles. The number of anilines is 1. The highest BCUT2D eigenvalue weighted by molar-refractivity contribution is 6.06. The van der Waals surface area contributed by atoms with Gasteiger partial charge in [-0.15, -0.1) is 0 Å². The Labute approximate surface area is 134 Å². The van der Waals surface area contributed by atoms with Crippen LogP contribution in [0.5, 0.6) is 11.5 Å². The summed E-state index contributed by atoms with van der Waals surface area (Å²) in [5, 5.41) is 10.5. The molecule has 114 valence electrons. The van der Waals surface area contributed by atoms with Gasteiger partial charge < -0.3 is 10.1 Å². The van der Waals surface area contributed by atoms with Crippen LogP contribution in [0.1, 0.15) is 16.1 Å². The predicted molar refractivity (Wildman–Crippen MR) is 87.7 cm³/mol. The van der Waals surface area contributed by atoms with Gasteiger partial charge in [-0.3, -0.25) is 4.79 Å². The first-order chi connectivity index (χ1) is 11.2. The molecule has 1 heterocycles. The number of rotatable bonds is 4. The van der Waals surface area contributed by atoms with E-state index < -0.39 is 0 Å². The van der Waals surface area contributed by atoms with Crippen molar-refractivity contribution in [3.05, 3.63) is 78.1 Å². The van der Waals surface area contributed by atoms with E-state index in [0.29, 0.717) is 22.7 Å². The van der Waals surface area contributed by atoms with Crippen LogP contribution < -0.4 is 10.1 Å². The fraction of sp³-hybridized carbons (Fsp3) is 0.0556. The number of hydrogen-bond acceptors (Lipinski definition) is 4. The lowest BCUT2D eigenvalue weighted by Gasteiger charge is -2.11. The van der Waals surface area contributed by atoms with E-state index in [0.717, 1.165) is 5.69 Å². The molecule has 3 aromatic rings. The lowest BCUT2D eigenvalue weighted by atomic mass is 10.2. The number of benzene rings is 2. The summed E-state index contributed by atoms with van der Waals surface area (Å²) in [6.45, 7) is 1.81. The fourth-order valence-electron chi connectivity index (χ4n) is 2.10. The van der Waals surface area contributed by atoms with Gasteiger partial charge in [-0.2, -0.15) is 10.2 Å². The first kappa shape index (κ1) is 14.7. The molecule has 23 heavy (non-hydrogen) atoms. The van der Waals surface area contributed by atoms with Gasteiger partial charge in [0.05, 0.1) is 23.1 Å². The molecule has 0 bridgehead atoms. The molecule has 1 aromatic heterocycles. The van der Waals surface area contributed by atoms with Crippen LogP contribution in [-0.4, -0.2) is 16.1 Å². The Hall–Kier alpha value is -3.21. The van der Waals surface area contributed by atoms with E-state index in [-0.39, 0.29) is 5.91 Å². The SMILES string of the molecule is Cc1cc(NC(=O)c2ccccc2Oc2ccccc2)cnn1. The number of hydrogen-bond donors (Lipinski definition) is 1. The summed E-state index contributed by atoms with van der Waals surface area (Å²) in [5.41, 5.74) is 1.78. The van der Waals surface area contributed by atoms with Crippen LogP contribution in [0.15, 0.2) is 66.9 Å². The number of aryl methyl sites for hydroxylation is 1. The third-order valence-corrected chi connectivity index (χ3v) is 3.14. The Kier molecular flexibility index (Phi) is 4.29. The maximum atomic E-state index is 12.5. The number of aromatic nitrogens is 2. The van der Waals surface area contributed by atoms with Crippen molar-refractivity contribution >= 4 is 11.6 Å². The lowest BCUT2D eigenvalue weighted by Crippen LogP contribution is -2.13. The molecule has 0 spiro atoms. The van der Waals surface area contributed by atoms with Crippen molar-refractivity contribution < 1.29 is 9.53 Å². The van der Waals surface area contributed by atoms with Crippen molar-refractivity contribution in [3.63, 3.8) is 0 Å². The Bertz CT molecular complexity index is 819. The van der Waals surface area contributed by atoms with Gasteiger partial charge >= 0.3 is 0 Å². The molecule has 1 amide bonds. The number of carbonyl (C=O) groups excluding carboxylic acids is 1. The summed E-state index contributed by atoms with van der Waals surface area (Å²) in [4.78, 5) is 12.5. The van der Waals surface area contributed by atoms with E-state index >= 15 is 0 Å². The zero-order chi connectivity index (χ0) is 16.1. The van der Waals surface area contributed by atoms with E-state index in [4.69, 9.17) is 4.74 Å². The lowest BCUT2D eigenvalue weighted by molar-refractivity contribution is 0.102. The molecule has 0 saturated heterocycles. The highest BCUT2D eigenvalue weighted by atomic mass is 16.5. The molecule has 0 aliphatic heterocycles. The maximum absolute atomic E-state index is 12.5. The van der Waals surface area contributed by atoms with Crippen LogP contribution in [0, 0.1) is 6.92 Å². The average Bonchev–Trinajstić information content (AvgIpc) is 2.56. The monoisotopic (exact) mass is 305 g/mol. The summed E-state index contributed by atoms with van der Waals surface area (Å²) < 4.78 is 5.80. The first-order valence-corrected chi connectivity index (χ1v) is 7.15. The topological polar surface area (TPSA) is 64.1 Å². The largest absolute Gasteiger partial charge is 0.457 e. The van der Waals surface area contributed by atoms with Crippen molar-refractivity contribution in [2.75, 3.05) is 5.32 Å². The number of ether oxygens (including phenoxy) is 1. The van der Waals surface area contributed by atoms with Crippen LogP contribution in [0.25, 0.3) is 0 Å². The number of carbonyl (C=O) groups is 1. The summed E-state index contributed by atoms with van der Waals surface area (Å²) in [6.07, 6.45) is 1.51. The second-order valence-corrected chi connectivity index (χ2v) is 4.95. The van der Waals surface area contributed by atoms with E-state index in [1.54, 1.807) is 24.3 Å². The number of amides is 1. The molecule has 0 fully saturated rings. The highest BCUT2D eigenvalue weighted by Gasteiger charge is 2.13.